The van der Waals surface area contributed by atoms with Crippen molar-refractivity contribution in [2.24, 2.45) is 11.0 Å². The van der Waals surface area contributed by atoms with Gasteiger partial charge in [0.15, 0.2) is 0 Å². The number of hydrogen-bond acceptors (Lipinski definition) is 4. The number of nitrogens with one attached hydrogen (secondary N) is 1. The zero-order valence-corrected chi connectivity index (χ0v) is 17.2. The smallest absolute Gasteiger partial charge is 0.243 e. The van der Waals surface area contributed by atoms with E-state index in [1.165, 1.54) is 11.1 Å². The lowest BCUT2D eigenvalue weighted by Crippen LogP contribution is -2.20. The molecule has 1 amide bonds. The van der Waals surface area contributed by atoms with E-state index in [0.717, 1.165) is 12.0 Å². The van der Waals surface area contributed by atoms with E-state index < -0.39 is 0 Å². The van der Waals surface area contributed by atoms with Crippen LogP contribution < -0.4 is 14.9 Å². The van der Waals surface area contributed by atoms with E-state index in [2.05, 4.69) is 55.6 Å². The molecule has 1 N–H and O–H groups in total. The average molecular weight is 380 g/mol. The molecule has 1 saturated carbocycles. The lowest BCUT2D eigenvalue weighted by molar-refractivity contribution is -0.122. The Bertz CT molecular complexity index is 866. The number of rotatable bonds is 6. The molecule has 0 aromatic heterocycles. The third-order valence-corrected chi connectivity index (χ3v) is 5.15. The fourth-order valence-corrected chi connectivity index (χ4v) is 3.27. The molecule has 1 aliphatic rings. The van der Waals surface area contributed by atoms with Gasteiger partial charge in [-0.2, -0.15) is 5.10 Å². The number of benzene rings is 2. The van der Waals surface area contributed by atoms with Crippen LogP contribution in [-0.2, 0) is 10.2 Å². The van der Waals surface area contributed by atoms with Crippen LogP contribution in [0, 0.1) is 5.92 Å². The van der Waals surface area contributed by atoms with E-state index in [0.29, 0.717) is 11.5 Å². The summed E-state index contributed by atoms with van der Waals surface area (Å²) in [4.78, 5) is 12.4. The lowest BCUT2D eigenvalue weighted by Gasteiger charge is -2.19. The molecule has 0 radical (unpaired) electrons. The van der Waals surface area contributed by atoms with Gasteiger partial charge in [0.25, 0.3) is 0 Å². The maximum absolute atomic E-state index is 12.4. The van der Waals surface area contributed by atoms with Gasteiger partial charge < -0.3 is 9.47 Å². The molecular weight excluding hydrogens is 352 g/mol. The first kappa shape index (κ1) is 19.9. The Morgan fingerprint density at radius 1 is 1.11 bits per heavy atom. The van der Waals surface area contributed by atoms with Crippen LogP contribution in [0.25, 0.3) is 0 Å². The van der Waals surface area contributed by atoms with E-state index in [1.54, 1.807) is 26.5 Å². The van der Waals surface area contributed by atoms with Gasteiger partial charge in [-0.15, -0.1) is 0 Å². The van der Waals surface area contributed by atoms with Crippen LogP contribution in [-0.4, -0.2) is 26.3 Å². The van der Waals surface area contributed by atoms with E-state index in [9.17, 15) is 4.79 Å². The van der Waals surface area contributed by atoms with Crippen LogP contribution in [0.5, 0.6) is 11.5 Å². The number of carbonyl (C=O) groups excluding carboxylic acids is 1. The van der Waals surface area contributed by atoms with Gasteiger partial charge in [0.1, 0.15) is 11.5 Å². The van der Waals surface area contributed by atoms with Crippen molar-refractivity contribution in [1.29, 1.82) is 0 Å². The van der Waals surface area contributed by atoms with Gasteiger partial charge in [-0.05, 0) is 47.1 Å². The van der Waals surface area contributed by atoms with E-state index >= 15 is 0 Å². The Balaban J connectivity index is 1.59. The Morgan fingerprint density at radius 3 is 2.43 bits per heavy atom. The molecule has 3 rings (SSSR count). The van der Waals surface area contributed by atoms with E-state index in [1.807, 2.05) is 12.1 Å². The Kier molecular flexibility index (Phi) is 5.73. The topological polar surface area (TPSA) is 59.9 Å². The van der Waals surface area contributed by atoms with E-state index in [4.69, 9.17) is 9.47 Å². The second kappa shape index (κ2) is 8.05. The van der Waals surface area contributed by atoms with Gasteiger partial charge in [0, 0.05) is 11.5 Å². The van der Waals surface area contributed by atoms with Crippen LogP contribution in [0.15, 0.2) is 47.6 Å². The molecule has 5 heteroatoms. The summed E-state index contributed by atoms with van der Waals surface area (Å²) in [6, 6.07) is 14.0. The van der Waals surface area contributed by atoms with Gasteiger partial charge in [-0.3, -0.25) is 4.79 Å². The van der Waals surface area contributed by atoms with Crippen LogP contribution in [0.3, 0.4) is 0 Å². The number of amides is 1. The number of hydrogen-bond donors (Lipinski definition) is 1. The molecule has 0 aliphatic heterocycles. The molecule has 2 atom stereocenters. The SMILES string of the molecule is COc1ccc(OC)c(/C=N\NC(=O)[C@@H]2C[C@@H]2c2ccc(C(C)(C)C)cc2)c1. The van der Waals surface area contributed by atoms with Gasteiger partial charge in [-0.1, -0.05) is 45.0 Å². The van der Waals surface area contributed by atoms with E-state index in [-0.39, 0.29) is 23.2 Å². The highest BCUT2D eigenvalue weighted by atomic mass is 16.5. The third kappa shape index (κ3) is 4.53. The van der Waals surface area contributed by atoms with Crippen molar-refractivity contribution in [3.63, 3.8) is 0 Å². The van der Waals surface area contributed by atoms with Crippen molar-refractivity contribution in [3.05, 3.63) is 59.2 Å². The third-order valence-electron chi connectivity index (χ3n) is 5.15. The second-order valence-corrected chi connectivity index (χ2v) is 8.16. The maximum Gasteiger partial charge on any atom is 0.243 e. The molecule has 0 heterocycles. The minimum atomic E-state index is -0.0528. The predicted octanol–water partition coefficient (Wildman–Crippen LogP) is 4.26. The fraction of sp³-hybridized carbons (Fsp3) is 0.391. The standard InChI is InChI=1S/C23H28N2O3/c1-23(2,3)17-8-6-15(7-9-17)19-13-20(19)22(26)25-24-14-16-12-18(27-4)10-11-21(16)28-5/h6-12,14,19-20H,13H2,1-5H3,(H,25,26)/b24-14-/t19-,20-/m1/s1. The highest BCUT2D eigenvalue weighted by molar-refractivity contribution is 5.87. The fourth-order valence-electron chi connectivity index (χ4n) is 3.27. The van der Waals surface area contributed by atoms with Crippen molar-refractivity contribution in [2.45, 2.75) is 38.5 Å². The first-order valence-electron chi connectivity index (χ1n) is 9.49. The Morgan fingerprint density at radius 2 is 1.82 bits per heavy atom. The summed E-state index contributed by atoms with van der Waals surface area (Å²) in [5.41, 5.74) is 6.04. The maximum atomic E-state index is 12.4. The minimum Gasteiger partial charge on any atom is -0.497 e. The molecule has 1 aliphatic carbocycles. The summed E-state index contributed by atoms with van der Waals surface area (Å²) < 4.78 is 10.5. The highest BCUT2D eigenvalue weighted by Crippen LogP contribution is 2.47. The molecule has 5 nitrogen and oxygen atoms in total. The number of carbonyl (C=O) groups is 1. The normalized spacial score (nSPS) is 18.8. The molecular formula is C23H28N2O3. The van der Waals surface area contributed by atoms with Crippen molar-refractivity contribution in [2.75, 3.05) is 14.2 Å². The molecule has 0 unspecified atom stereocenters. The molecule has 28 heavy (non-hydrogen) atoms. The number of hydrazone groups is 1. The average Bonchev–Trinajstić information content (AvgIpc) is 3.48. The second-order valence-electron chi connectivity index (χ2n) is 8.16. The van der Waals surface area contributed by atoms with Gasteiger partial charge in [-0.25, -0.2) is 5.43 Å². The van der Waals surface area contributed by atoms with Crippen LogP contribution in [0.4, 0.5) is 0 Å². The summed E-state index contributed by atoms with van der Waals surface area (Å²) in [7, 11) is 3.20. The summed E-state index contributed by atoms with van der Waals surface area (Å²) >= 11 is 0. The molecule has 2 aromatic rings. The molecule has 0 bridgehead atoms. The summed E-state index contributed by atoms with van der Waals surface area (Å²) in [6.45, 7) is 6.60. The van der Waals surface area contributed by atoms with Gasteiger partial charge >= 0.3 is 0 Å². The largest absolute Gasteiger partial charge is 0.497 e. The van der Waals surface area contributed by atoms with Crippen molar-refractivity contribution < 1.29 is 14.3 Å². The number of ether oxygens (including phenoxy) is 2. The first-order chi connectivity index (χ1) is 13.3. The van der Waals surface area contributed by atoms with Gasteiger partial charge in [0.05, 0.1) is 20.4 Å². The van der Waals surface area contributed by atoms with Crippen molar-refractivity contribution in [3.8, 4) is 11.5 Å². The first-order valence-corrected chi connectivity index (χ1v) is 9.49. The molecule has 1 fully saturated rings. The lowest BCUT2D eigenvalue weighted by atomic mass is 9.86. The molecule has 2 aromatic carbocycles. The van der Waals surface area contributed by atoms with Crippen LogP contribution in [0.1, 0.15) is 49.8 Å². The zero-order valence-electron chi connectivity index (χ0n) is 17.2. The number of nitrogens with zero attached hydrogens (tertiary/aromatic N) is 1. The Hall–Kier alpha value is -2.82. The molecule has 0 spiro atoms. The summed E-state index contributed by atoms with van der Waals surface area (Å²) in [6.07, 6.45) is 2.44. The monoisotopic (exact) mass is 380 g/mol. The van der Waals surface area contributed by atoms with Crippen molar-refractivity contribution in [1.82, 2.24) is 5.43 Å². The van der Waals surface area contributed by atoms with Gasteiger partial charge in [0.2, 0.25) is 5.91 Å². The highest BCUT2D eigenvalue weighted by Gasteiger charge is 2.44. The van der Waals surface area contributed by atoms with Crippen molar-refractivity contribution >= 4 is 12.1 Å². The predicted molar refractivity (Wildman–Crippen MR) is 111 cm³/mol. The summed E-state index contributed by atoms with van der Waals surface area (Å²) in [5.74, 6) is 1.57. The zero-order chi connectivity index (χ0) is 20.3. The number of methoxy groups -OCH3 is 2. The molecule has 148 valence electrons. The van der Waals surface area contributed by atoms with Crippen LogP contribution >= 0.6 is 0 Å². The minimum absolute atomic E-state index is 0.0233. The summed E-state index contributed by atoms with van der Waals surface area (Å²) in [5, 5.41) is 4.10. The molecule has 0 saturated heterocycles. The Labute approximate surface area is 166 Å². The van der Waals surface area contributed by atoms with Crippen LogP contribution in [0.2, 0.25) is 0 Å². The quantitative estimate of drug-likeness (QED) is 0.602.